The maximum Gasteiger partial charge on any atom is 0.180 e. The number of hydrogen-bond acceptors (Lipinski definition) is 7. The summed E-state index contributed by atoms with van der Waals surface area (Å²) < 4.78 is 13.6. The maximum absolute atomic E-state index is 13.6. The second-order valence-electron chi connectivity index (χ2n) is 7.98. The van der Waals surface area contributed by atoms with Crippen LogP contribution < -0.4 is 4.90 Å². The molecule has 6 rings (SSSR count). The number of aromatic amines is 2. The molecule has 0 atom stereocenters. The van der Waals surface area contributed by atoms with Crippen LogP contribution in [-0.4, -0.2) is 73.2 Å². The molecule has 0 aromatic carbocycles. The van der Waals surface area contributed by atoms with Crippen molar-refractivity contribution in [2.45, 2.75) is 0 Å². The van der Waals surface area contributed by atoms with Crippen molar-refractivity contribution in [3.8, 4) is 22.8 Å². The van der Waals surface area contributed by atoms with Gasteiger partial charge in [-0.05, 0) is 25.2 Å². The number of aromatic nitrogens is 7. The molecule has 0 radical (unpaired) electrons. The van der Waals surface area contributed by atoms with Crippen molar-refractivity contribution < 1.29 is 4.39 Å². The lowest BCUT2D eigenvalue weighted by molar-refractivity contribution is 0.313. The van der Waals surface area contributed by atoms with Gasteiger partial charge < -0.3 is 14.8 Å². The van der Waals surface area contributed by atoms with Gasteiger partial charge in [0.1, 0.15) is 17.0 Å². The van der Waals surface area contributed by atoms with Crippen molar-refractivity contribution in [2.24, 2.45) is 0 Å². The molecular weight excluding hydrogens is 409 g/mol. The predicted octanol–water partition coefficient (Wildman–Crippen LogP) is 2.85. The average Bonchev–Trinajstić information content (AvgIpc) is 3.43. The summed E-state index contributed by atoms with van der Waals surface area (Å²) in [5.74, 6) is 0.214. The largest absolute Gasteiger partial charge is 0.367 e. The first kappa shape index (κ1) is 18.8. The topological polar surface area (TPSA) is 103 Å². The summed E-state index contributed by atoms with van der Waals surface area (Å²) >= 11 is 0. The van der Waals surface area contributed by atoms with E-state index in [1.807, 2.05) is 12.1 Å². The van der Waals surface area contributed by atoms with Gasteiger partial charge in [0.25, 0.3) is 0 Å². The Hall–Kier alpha value is -3.92. The standard InChI is InChI=1S/C22H20FN9/c1-31-4-6-32(7-5-31)18-2-3-25-21-20(18)27-22(28-21)19-15-9-16(26-12-17(15)29-30-19)13-8-14(23)11-24-10-13/h2-3,8-12H,4-7H2,1H3,(H,29,30)(H,25,27,28). The van der Waals surface area contributed by atoms with Crippen molar-refractivity contribution in [3.05, 3.63) is 48.8 Å². The Balaban J connectivity index is 1.44. The number of H-pyrrole nitrogens is 2. The van der Waals surface area contributed by atoms with Crippen molar-refractivity contribution >= 4 is 27.8 Å². The van der Waals surface area contributed by atoms with Crippen molar-refractivity contribution in [1.82, 2.24) is 40.0 Å². The molecule has 1 aliphatic rings. The molecule has 2 N–H and O–H groups in total. The van der Waals surface area contributed by atoms with E-state index in [0.29, 0.717) is 28.4 Å². The third kappa shape index (κ3) is 3.16. The van der Waals surface area contributed by atoms with E-state index >= 15 is 0 Å². The fourth-order valence-corrected chi connectivity index (χ4v) is 4.13. The Morgan fingerprint density at radius 2 is 1.91 bits per heavy atom. The fourth-order valence-electron chi connectivity index (χ4n) is 4.13. The summed E-state index contributed by atoms with van der Waals surface area (Å²) in [4.78, 5) is 25.6. The lowest BCUT2D eigenvalue weighted by Gasteiger charge is -2.34. The molecule has 0 spiro atoms. The molecule has 0 amide bonds. The molecule has 0 bridgehead atoms. The van der Waals surface area contributed by atoms with Crippen LogP contribution in [0.1, 0.15) is 0 Å². The van der Waals surface area contributed by atoms with Crippen LogP contribution in [0.4, 0.5) is 10.1 Å². The molecule has 1 aliphatic heterocycles. The third-order valence-corrected chi connectivity index (χ3v) is 5.89. The number of piperazine rings is 1. The van der Waals surface area contributed by atoms with E-state index in [2.05, 4.69) is 47.0 Å². The normalized spacial score (nSPS) is 15.1. The summed E-state index contributed by atoms with van der Waals surface area (Å²) in [6, 6.07) is 5.30. The van der Waals surface area contributed by atoms with Crippen LogP contribution in [0.25, 0.3) is 44.8 Å². The van der Waals surface area contributed by atoms with Gasteiger partial charge in [-0.15, -0.1) is 0 Å². The molecule has 160 valence electrons. The zero-order valence-electron chi connectivity index (χ0n) is 17.4. The number of likely N-dealkylation sites (N-methyl/N-ethyl adjacent to an activating group) is 1. The van der Waals surface area contributed by atoms with Crippen molar-refractivity contribution in [1.29, 1.82) is 0 Å². The first-order valence-electron chi connectivity index (χ1n) is 10.4. The Morgan fingerprint density at radius 3 is 2.75 bits per heavy atom. The quantitative estimate of drug-likeness (QED) is 0.455. The van der Waals surface area contributed by atoms with Crippen LogP contribution in [0.15, 0.2) is 43.0 Å². The number of rotatable bonds is 3. The van der Waals surface area contributed by atoms with Gasteiger partial charge in [-0.3, -0.25) is 15.1 Å². The van der Waals surface area contributed by atoms with E-state index in [1.165, 1.54) is 12.3 Å². The van der Waals surface area contributed by atoms with Gasteiger partial charge in [-0.2, -0.15) is 5.10 Å². The van der Waals surface area contributed by atoms with Crippen LogP contribution >= 0.6 is 0 Å². The third-order valence-electron chi connectivity index (χ3n) is 5.89. The minimum absolute atomic E-state index is 0.406. The highest BCUT2D eigenvalue weighted by Gasteiger charge is 2.20. The molecule has 5 aromatic heterocycles. The number of pyridine rings is 3. The minimum Gasteiger partial charge on any atom is -0.367 e. The summed E-state index contributed by atoms with van der Waals surface area (Å²) in [6.45, 7) is 3.93. The number of nitrogens with one attached hydrogen (secondary N) is 2. The van der Waals surface area contributed by atoms with Crippen molar-refractivity contribution in [2.75, 3.05) is 38.1 Å². The molecule has 1 fully saturated rings. The molecular formula is C22H20FN9. The minimum atomic E-state index is -0.406. The molecule has 0 unspecified atom stereocenters. The Bertz CT molecular complexity index is 1430. The summed E-state index contributed by atoms with van der Waals surface area (Å²) in [5, 5.41) is 8.31. The Morgan fingerprint density at radius 1 is 1.03 bits per heavy atom. The number of fused-ring (bicyclic) bond motifs is 2. The molecule has 10 heteroatoms. The van der Waals surface area contributed by atoms with E-state index in [9.17, 15) is 4.39 Å². The second-order valence-corrected chi connectivity index (χ2v) is 7.98. The van der Waals surface area contributed by atoms with Crippen molar-refractivity contribution in [3.63, 3.8) is 0 Å². The van der Waals surface area contributed by atoms with Gasteiger partial charge in [-0.1, -0.05) is 0 Å². The number of halogens is 1. The zero-order chi connectivity index (χ0) is 21.7. The molecule has 32 heavy (non-hydrogen) atoms. The van der Waals surface area contributed by atoms with Gasteiger partial charge in [-0.25, -0.2) is 14.4 Å². The molecule has 1 saturated heterocycles. The molecule has 0 saturated carbocycles. The molecule has 5 aromatic rings. The zero-order valence-corrected chi connectivity index (χ0v) is 17.4. The predicted molar refractivity (Wildman–Crippen MR) is 120 cm³/mol. The average molecular weight is 429 g/mol. The molecule has 9 nitrogen and oxygen atoms in total. The number of nitrogens with zero attached hydrogens (tertiary/aromatic N) is 7. The van der Waals surface area contributed by atoms with Gasteiger partial charge in [0, 0.05) is 49.5 Å². The van der Waals surface area contributed by atoms with E-state index in [-0.39, 0.29) is 0 Å². The number of imidazole rings is 1. The highest BCUT2D eigenvalue weighted by atomic mass is 19.1. The monoisotopic (exact) mass is 429 g/mol. The number of anilines is 1. The van der Waals surface area contributed by atoms with E-state index in [4.69, 9.17) is 4.98 Å². The van der Waals surface area contributed by atoms with E-state index < -0.39 is 5.82 Å². The Labute approximate surface area is 182 Å². The molecule has 0 aliphatic carbocycles. The van der Waals surface area contributed by atoms with Crippen LogP contribution in [0.2, 0.25) is 0 Å². The smallest absolute Gasteiger partial charge is 0.180 e. The van der Waals surface area contributed by atoms with E-state index in [1.54, 1.807) is 18.6 Å². The van der Waals surface area contributed by atoms with Crippen LogP contribution in [0.5, 0.6) is 0 Å². The van der Waals surface area contributed by atoms with Crippen LogP contribution in [0, 0.1) is 5.82 Å². The fraction of sp³-hybridized carbons (Fsp3) is 0.227. The number of hydrogen-bond donors (Lipinski definition) is 2. The second kappa shape index (κ2) is 7.34. The van der Waals surface area contributed by atoms with Gasteiger partial charge in [0.15, 0.2) is 11.5 Å². The van der Waals surface area contributed by atoms with Gasteiger partial charge in [0.05, 0.1) is 29.3 Å². The first-order chi connectivity index (χ1) is 15.7. The van der Waals surface area contributed by atoms with Gasteiger partial charge >= 0.3 is 0 Å². The van der Waals surface area contributed by atoms with Gasteiger partial charge in [0.2, 0.25) is 0 Å². The maximum atomic E-state index is 13.6. The highest BCUT2D eigenvalue weighted by Crippen LogP contribution is 2.31. The lowest BCUT2D eigenvalue weighted by Crippen LogP contribution is -2.44. The first-order valence-corrected chi connectivity index (χ1v) is 10.4. The van der Waals surface area contributed by atoms with Crippen LogP contribution in [-0.2, 0) is 0 Å². The lowest BCUT2D eigenvalue weighted by atomic mass is 10.1. The Kier molecular flexibility index (Phi) is 4.32. The van der Waals surface area contributed by atoms with Crippen LogP contribution in [0.3, 0.4) is 0 Å². The summed E-state index contributed by atoms with van der Waals surface area (Å²) in [7, 11) is 2.14. The highest BCUT2D eigenvalue weighted by molar-refractivity contribution is 5.95. The molecule has 6 heterocycles. The SMILES string of the molecule is CN1CCN(c2ccnc3nc(-c4n[nH]c5cnc(-c6cncc(F)c6)cc45)[nH]c23)CC1. The summed E-state index contributed by atoms with van der Waals surface area (Å²) in [6.07, 6.45) is 6.24. The van der Waals surface area contributed by atoms with E-state index in [0.717, 1.165) is 48.3 Å². The summed E-state index contributed by atoms with van der Waals surface area (Å²) in [5.41, 5.74) is 5.27.